The summed E-state index contributed by atoms with van der Waals surface area (Å²) in [6.07, 6.45) is 1.53. The average Bonchev–Trinajstić information content (AvgIpc) is 3.58. The number of carbonyl (C=O) groups excluding carboxylic acids is 3. The minimum Gasteiger partial charge on any atom is -0.507 e. The lowest BCUT2D eigenvalue weighted by Crippen LogP contribution is -2.29. The number of anilines is 1. The van der Waals surface area contributed by atoms with Gasteiger partial charge < -0.3 is 14.6 Å². The number of aromatic nitrogens is 1. The number of ether oxygens (including phenoxy) is 2. The van der Waals surface area contributed by atoms with Crippen LogP contribution in [0.4, 0.5) is 5.13 Å². The Balaban J connectivity index is 1.49. The van der Waals surface area contributed by atoms with Crippen molar-refractivity contribution >= 4 is 39.9 Å². The van der Waals surface area contributed by atoms with Gasteiger partial charge >= 0.3 is 11.9 Å². The van der Waals surface area contributed by atoms with Crippen molar-refractivity contribution < 1.29 is 29.0 Å². The molecule has 1 unspecified atom stereocenters. The van der Waals surface area contributed by atoms with Crippen LogP contribution in [-0.4, -0.2) is 34.9 Å². The van der Waals surface area contributed by atoms with E-state index in [0.717, 1.165) is 11.1 Å². The number of rotatable bonds is 7. The Morgan fingerprint density at radius 1 is 1.03 bits per heavy atom. The number of Topliss-reactive ketones (excluding diaryl/α,β-unsaturated/α-hetero) is 1. The Kier molecular flexibility index (Phi) is 7.25. The quantitative estimate of drug-likeness (QED) is 0.144. The predicted octanol–water partition coefficient (Wildman–Crippen LogP) is 5.44. The fourth-order valence-corrected chi connectivity index (χ4v) is 5.10. The van der Waals surface area contributed by atoms with E-state index in [1.54, 1.807) is 53.9 Å². The Hall–Kier alpha value is -4.76. The maximum absolute atomic E-state index is 13.3. The fourth-order valence-electron chi connectivity index (χ4n) is 4.43. The Morgan fingerprint density at radius 3 is 2.38 bits per heavy atom. The van der Waals surface area contributed by atoms with Gasteiger partial charge in [-0.3, -0.25) is 14.5 Å². The molecule has 8 nitrogen and oxygen atoms in total. The van der Waals surface area contributed by atoms with E-state index in [0.29, 0.717) is 34.2 Å². The van der Waals surface area contributed by atoms with Crippen LogP contribution >= 0.6 is 11.3 Å². The molecule has 1 amide bonds. The molecule has 1 aliphatic heterocycles. The van der Waals surface area contributed by atoms with E-state index in [4.69, 9.17) is 9.47 Å². The second kappa shape index (κ2) is 10.9. The van der Waals surface area contributed by atoms with Crippen molar-refractivity contribution in [2.75, 3.05) is 12.0 Å². The monoisotopic (exact) mass is 540 g/mol. The average molecular weight is 541 g/mol. The molecule has 4 aromatic rings. The van der Waals surface area contributed by atoms with Gasteiger partial charge in [-0.05, 0) is 54.4 Å². The standard InChI is InChI=1S/C30H24N2O6S/c1-18-4-3-5-19(16-18)17-38-23-12-10-21(11-13-23)26(33)24-25(20-6-8-22(9-7-20)29(36)37-2)32(28(35)27(24)34)30-31-14-15-39-30/h3-16,25,33H,17H2,1-2H3/b26-24-. The molecule has 0 aliphatic carbocycles. The van der Waals surface area contributed by atoms with Crippen LogP contribution in [0.2, 0.25) is 0 Å². The molecule has 196 valence electrons. The minimum atomic E-state index is -0.944. The minimum absolute atomic E-state index is 0.0746. The van der Waals surface area contributed by atoms with Gasteiger partial charge in [0.1, 0.15) is 18.1 Å². The highest BCUT2D eigenvalue weighted by Crippen LogP contribution is 2.42. The van der Waals surface area contributed by atoms with Gasteiger partial charge in [0.25, 0.3) is 5.78 Å². The molecule has 0 saturated carbocycles. The van der Waals surface area contributed by atoms with Gasteiger partial charge in [-0.2, -0.15) is 0 Å². The maximum Gasteiger partial charge on any atom is 0.337 e. The number of esters is 1. The second-order valence-electron chi connectivity index (χ2n) is 8.90. The zero-order chi connectivity index (χ0) is 27.5. The zero-order valence-electron chi connectivity index (χ0n) is 21.2. The van der Waals surface area contributed by atoms with E-state index in [2.05, 4.69) is 4.98 Å². The van der Waals surface area contributed by atoms with E-state index >= 15 is 0 Å². The molecule has 3 aromatic carbocycles. The normalized spacial score (nSPS) is 16.4. The summed E-state index contributed by atoms with van der Waals surface area (Å²) in [5.41, 5.74) is 3.29. The number of aliphatic hydroxyl groups excluding tert-OH is 1. The molecular weight excluding hydrogens is 516 g/mol. The SMILES string of the molecule is COC(=O)c1ccc(C2/C(=C(/O)c3ccc(OCc4cccc(C)c4)cc3)C(=O)C(=O)N2c2nccs2)cc1. The molecular formula is C30H24N2O6S. The van der Waals surface area contributed by atoms with Crippen molar-refractivity contribution in [1.82, 2.24) is 4.98 Å². The van der Waals surface area contributed by atoms with Crippen LogP contribution in [0.1, 0.15) is 38.7 Å². The third-order valence-electron chi connectivity index (χ3n) is 6.33. The largest absolute Gasteiger partial charge is 0.507 e. The molecule has 0 radical (unpaired) electrons. The number of thiazole rings is 1. The number of carbonyl (C=O) groups is 3. The van der Waals surface area contributed by atoms with Gasteiger partial charge in [-0.1, -0.05) is 42.0 Å². The Morgan fingerprint density at radius 2 is 1.74 bits per heavy atom. The number of hydrogen-bond donors (Lipinski definition) is 1. The highest BCUT2D eigenvalue weighted by Gasteiger charge is 2.48. The summed E-state index contributed by atoms with van der Waals surface area (Å²) in [5, 5.41) is 13.3. The third kappa shape index (κ3) is 5.17. The summed E-state index contributed by atoms with van der Waals surface area (Å²) in [4.78, 5) is 43.8. The molecule has 1 saturated heterocycles. The van der Waals surface area contributed by atoms with Crippen LogP contribution in [0.5, 0.6) is 5.75 Å². The summed E-state index contributed by atoms with van der Waals surface area (Å²) in [7, 11) is 1.28. The molecule has 1 aromatic heterocycles. The number of aryl methyl sites for hydroxylation is 1. The van der Waals surface area contributed by atoms with Crippen molar-refractivity contribution in [2.45, 2.75) is 19.6 Å². The number of aliphatic hydroxyl groups is 1. The number of amides is 1. The van der Waals surface area contributed by atoms with Crippen molar-refractivity contribution in [3.05, 3.63) is 118 Å². The van der Waals surface area contributed by atoms with Crippen molar-refractivity contribution in [1.29, 1.82) is 0 Å². The van der Waals surface area contributed by atoms with Gasteiger partial charge in [0.15, 0.2) is 5.13 Å². The summed E-state index contributed by atoms with van der Waals surface area (Å²) < 4.78 is 10.6. The van der Waals surface area contributed by atoms with E-state index in [9.17, 15) is 19.5 Å². The summed E-state index contributed by atoms with van der Waals surface area (Å²) >= 11 is 1.20. The number of nitrogens with zero attached hydrogens (tertiary/aromatic N) is 2. The Labute approximate surface area is 228 Å². The van der Waals surface area contributed by atoms with Crippen molar-refractivity contribution in [3.8, 4) is 5.75 Å². The highest BCUT2D eigenvalue weighted by molar-refractivity contribution is 7.14. The lowest BCUT2D eigenvalue weighted by Gasteiger charge is -2.23. The molecule has 0 bridgehead atoms. The number of hydrogen-bond acceptors (Lipinski definition) is 8. The maximum atomic E-state index is 13.3. The van der Waals surface area contributed by atoms with Gasteiger partial charge in [-0.25, -0.2) is 9.78 Å². The lowest BCUT2D eigenvalue weighted by atomic mass is 9.94. The first-order valence-corrected chi connectivity index (χ1v) is 12.9. The van der Waals surface area contributed by atoms with Crippen molar-refractivity contribution in [3.63, 3.8) is 0 Å². The van der Waals surface area contributed by atoms with Crippen LogP contribution in [0.3, 0.4) is 0 Å². The molecule has 1 N–H and O–H groups in total. The van der Waals surface area contributed by atoms with Gasteiger partial charge in [0, 0.05) is 17.1 Å². The van der Waals surface area contributed by atoms with Crippen LogP contribution in [0.25, 0.3) is 5.76 Å². The molecule has 1 aliphatic rings. The number of ketones is 1. The number of benzene rings is 3. The van der Waals surface area contributed by atoms with Gasteiger partial charge in [0.2, 0.25) is 0 Å². The first-order chi connectivity index (χ1) is 18.9. The van der Waals surface area contributed by atoms with E-state index in [-0.39, 0.29) is 11.3 Å². The molecule has 2 heterocycles. The topological polar surface area (TPSA) is 106 Å². The van der Waals surface area contributed by atoms with Crippen molar-refractivity contribution in [2.24, 2.45) is 0 Å². The van der Waals surface area contributed by atoms with Gasteiger partial charge in [-0.15, -0.1) is 11.3 Å². The lowest BCUT2D eigenvalue weighted by molar-refractivity contribution is -0.132. The molecule has 5 rings (SSSR count). The van der Waals surface area contributed by atoms with Crippen LogP contribution < -0.4 is 9.64 Å². The summed E-state index contributed by atoms with van der Waals surface area (Å²) in [5.74, 6) is -1.87. The molecule has 1 fully saturated rings. The first kappa shape index (κ1) is 25.9. The molecule has 9 heteroatoms. The van der Waals surface area contributed by atoms with E-state index in [1.807, 2.05) is 31.2 Å². The van der Waals surface area contributed by atoms with Gasteiger partial charge in [0.05, 0.1) is 24.3 Å². The van der Waals surface area contributed by atoms with Crippen LogP contribution in [0.15, 0.2) is 89.9 Å². The molecule has 0 spiro atoms. The molecule has 1 atom stereocenters. The summed E-state index contributed by atoms with van der Waals surface area (Å²) in [6, 6.07) is 20.1. The zero-order valence-corrected chi connectivity index (χ0v) is 22.0. The first-order valence-electron chi connectivity index (χ1n) is 12.0. The third-order valence-corrected chi connectivity index (χ3v) is 7.10. The van der Waals surface area contributed by atoms with E-state index < -0.39 is 23.7 Å². The van der Waals surface area contributed by atoms with E-state index in [1.165, 1.54) is 29.5 Å². The Bertz CT molecular complexity index is 1560. The molecule has 39 heavy (non-hydrogen) atoms. The van der Waals surface area contributed by atoms with Crippen LogP contribution in [-0.2, 0) is 20.9 Å². The second-order valence-corrected chi connectivity index (χ2v) is 9.77. The number of methoxy groups -OCH3 is 1. The highest BCUT2D eigenvalue weighted by atomic mass is 32.1. The van der Waals surface area contributed by atoms with Crippen LogP contribution in [0, 0.1) is 6.92 Å². The smallest absolute Gasteiger partial charge is 0.337 e. The summed E-state index contributed by atoms with van der Waals surface area (Å²) in [6.45, 7) is 2.40. The fraction of sp³-hybridized carbons (Fsp3) is 0.133. The predicted molar refractivity (Wildman–Crippen MR) is 147 cm³/mol.